The molecule has 1 fully saturated rings. The van der Waals surface area contributed by atoms with Crippen molar-refractivity contribution < 1.29 is 19.8 Å². The van der Waals surface area contributed by atoms with Gasteiger partial charge in [-0.15, -0.1) is 0 Å². The van der Waals surface area contributed by atoms with Gasteiger partial charge < -0.3 is 15.5 Å². The Morgan fingerprint density at radius 2 is 2.00 bits per heavy atom. The molecule has 0 aromatic carbocycles. The van der Waals surface area contributed by atoms with Crippen LogP contribution in [0.5, 0.6) is 0 Å². The first-order chi connectivity index (χ1) is 6.43. The first kappa shape index (κ1) is 11.0. The Hall–Kier alpha value is -1.10. The minimum absolute atomic E-state index is 0.0854. The van der Waals surface area contributed by atoms with Crippen molar-refractivity contribution in [2.45, 2.75) is 32.4 Å². The molecule has 1 aliphatic rings. The third-order valence-electron chi connectivity index (χ3n) is 2.84. The number of hydrogen-bond donors (Lipinski definition) is 3. The number of rotatable bonds is 3. The van der Waals surface area contributed by atoms with Crippen LogP contribution >= 0.6 is 0 Å². The zero-order valence-corrected chi connectivity index (χ0v) is 8.23. The molecule has 0 bridgehead atoms. The van der Waals surface area contributed by atoms with Crippen LogP contribution in [0.25, 0.3) is 0 Å². The number of hydrogen-bond acceptors (Lipinski definition) is 3. The molecule has 0 radical (unpaired) electrons. The van der Waals surface area contributed by atoms with Gasteiger partial charge in [0, 0.05) is 6.04 Å². The van der Waals surface area contributed by atoms with Crippen LogP contribution < -0.4 is 5.32 Å². The van der Waals surface area contributed by atoms with Crippen molar-refractivity contribution in [2.75, 3.05) is 0 Å². The van der Waals surface area contributed by atoms with Crippen LogP contribution in [0, 0.1) is 11.8 Å². The first-order valence-corrected chi connectivity index (χ1v) is 4.65. The first-order valence-electron chi connectivity index (χ1n) is 4.65. The average molecular weight is 201 g/mol. The molecule has 1 aliphatic heterocycles. The van der Waals surface area contributed by atoms with Gasteiger partial charge in [0.1, 0.15) is 6.04 Å². The maximum atomic E-state index is 10.7. The highest BCUT2D eigenvalue weighted by molar-refractivity contribution is 5.75. The molecule has 0 amide bonds. The largest absolute Gasteiger partial charge is 0.481 e. The van der Waals surface area contributed by atoms with Gasteiger partial charge in [0.25, 0.3) is 0 Å². The molecule has 5 nitrogen and oxygen atoms in total. The van der Waals surface area contributed by atoms with Crippen molar-refractivity contribution >= 4 is 11.9 Å². The summed E-state index contributed by atoms with van der Waals surface area (Å²) < 4.78 is 0. The predicted octanol–water partition coefficient (Wildman–Crippen LogP) is 0.158. The van der Waals surface area contributed by atoms with Crippen LogP contribution in [0.1, 0.15) is 20.3 Å². The molecule has 0 aliphatic carbocycles. The minimum atomic E-state index is -0.906. The lowest BCUT2D eigenvalue weighted by atomic mass is 9.92. The van der Waals surface area contributed by atoms with Gasteiger partial charge in [-0.2, -0.15) is 0 Å². The van der Waals surface area contributed by atoms with E-state index in [0.717, 1.165) is 0 Å². The molecule has 80 valence electrons. The lowest BCUT2D eigenvalue weighted by Crippen LogP contribution is -2.42. The van der Waals surface area contributed by atoms with Gasteiger partial charge in [0.05, 0.1) is 5.92 Å². The highest BCUT2D eigenvalue weighted by atomic mass is 16.4. The average Bonchev–Trinajstić information content (AvgIpc) is 2.46. The van der Waals surface area contributed by atoms with Crippen molar-refractivity contribution in [3.63, 3.8) is 0 Å². The van der Waals surface area contributed by atoms with Crippen molar-refractivity contribution in [1.29, 1.82) is 0 Å². The van der Waals surface area contributed by atoms with Crippen LogP contribution in [-0.2, 0) is 9.59 Å². The third-order valence-corrected chi connectivity index (χ3v) is 2.84. The lowest BCUT2D eigenvalue weighted by Gasteiger charge is -2.19. The molecule has 0 unspecified atom stereocenters. The quantitative estimate of drug-likeness (QED) is 0.605. The molecule has 0 aromatic heterocycles. The molecule has 0 spiro atoms. The molecule has 1 rings (SSSR count). The summed E-state index contributed by atoms with van der Waals surface area (Å²) in [6.45, 7) is 3.47. The normalized spacial score (nSPS) is 34.0. The van der Waals surface area contributed by atoms with Crippen molar-refractivity contribution in [3.05, 3.63) is 0 Å². The fourth-order valence-corrected chi connectivity index (χ4v) is 1.95. The van der Waals surface area contributed by atoms with E-state index in [-0.39, 0.29) is 12.0 Å². The van der Waals surface area contributed by atoms with Crippen LogP contribution in [-0.4, -0.2) is 34.2 Å². The molecule has 3 N–H and O–H groups in total. The van der Waals surface area contributed by atoms with E-state index in [0.29, 0.717) is 6.42 Å². The number of carboxylic acids is 2. The summed E-state index contributed by atoms with van der Waals surface area (Å²) in [6.07, 6.45) is 0.498. The molecular formula is C9H15NO4. The van der Waals surface area contributed by atoms with E-state index >= 15 is 0 Å². The number of carbonyl (C=O) groups is 2. The number of aliphatic carboxylic acids is 2. The van der Waals surface area contributed by atoms with Crippen molar-refractivity contribution in [1.82, 2.24) is 5.32 Å². The van der Waals surface area contributed by atoms with Crippen molar-refractivity contribution in [3.8, 4) is 0 Å². The van der Waals surface area contributed by atoms with Gasteiger partial charge in [-0.1, -0.05) is 13.8 Å². The second kappa shape index (κ2) is 3.96. The van der Waals surface area contributed by atoms with E-state index in [4.69, 9.17) is 10.2 Å². The summed E-state index contributed by atoms with van der Waals surface area (Å²) in [7, 11) is 0. The molecule has 14 heavy (non-hydrogen) atoms. The van der Waals surface area contributed by atoms with Crippen LogP contribution in [0.4, 0.5) is 0 Å². The fourth-order valence-electron chi connectivity index (χ4n) is 1.95. The highest BCUT2D eigenvalue weighted by Gasteiger charge is 2.39. The summed E-state index contributed by atoms with van der Waals surface area (Å²) >= 11 is 0. The zero-order valence-electron chi connectivity index (χ0n) is 8.23. The maximum Gasteiger partial charge on any atom is 0.320 e. The number of nitrogens with one attached hydrogen (secondary N) is 1. The Bertz CT molecular complexity index is 253. The Kier molecular flexibility index (Phi) is 3.10. The fraction of sp³-hybridized carbons (Fsp3) is 0.778. The lowest BCUT2D eigenvalue weighted by molar-refractivity contribution is -0.143. The summed E-state index contributed by atoms with van der Waals surface area (Å²) in [5, 5.41) is 20.4. The minimum Gasteiger partial charge on any atom is -0.481 e. The number of carboxylic acid groups (broad SMARTS) is 2. The Balaban J connectivity index is 2.65. The van der Waals surface area contributed by atoms with Gasteiger partial charge >= 0.3 is 11.9 Å². The maximum absolute atomic E-state index is 10.7. The van der Waals surface area contributed by atoms with Gasteiger partial charge in [-0.25, -0.2) is 0 Å². The molecule has 5 heteroatoms. The molecule has 0 saturated carbocycles. The van der Waals surface area contributed by atoms with Gasteiger partial charge in [-0.05, 0) is 12.3 Å². The van der Waals surface area contributed by atoms with Gasteiger partial charge in [0.2, 0.25) is 0 Å². The van der Waals surface area contributed by atoms with Crippen LogP contribution in [0.3, 0.4) is 0 Å². The van der Waals surface area contributed by atoms with E-state index < -0.39 is 23.9 Å². The third kappa shape index (κ3) is 2.04. The SMILES string of the molecule is C[C@H]1C[C@@H](C(=O)O)N[C@@H]1[C@@H](C)C(=O)O. The monoisotopic (exact) mass is 201 g/mol. The second-order valence-corrected chi connectivity index (χ2v) is 3.92. The Morgan fingerprint density at radius 3 is 2.36 bits per heavy atom. The molecule has 1 saturated heterocycles. The Morgan fingerprint density at radius 1 is 1.43 bits per heavy atom. The summed E-state index contributed by atoms with van der Waals surface area (Å²) in [5.41, 5.74) is 0. The molecule has 4 atom stereocenters. The zero-order chi connectivity index (χ0) is 10.9. The molecule has 0 aromatic rings. The van der Waals surface area contributed by atoms with E-state index in [1.165, 1.54) is 0 Å². The second-order valence-electron chi connectivity index (χ2n) is 3.92. The van der Waals surface area contributed by atoms with Gasteiger partial charge in [0.15, 0.2) is 0 Å². The van der Waals surface area contributed by atoms with Crippen LogP contribution in [0.15, 0.2) is 0 Å². The predicted molar refractivity (Wildman–Crippen MR) is 48.9 cm³/mol. The highest BCUT2D eigenvalue weighted by Crippen LogP contribution is 2.25. The van der Waals surface area contributed by atoms with E-state index in [2.05, 4.69) is 5.32 Å². The summed E-state index contributed by atoms with van der Waals surface area (Å²) in [5.74, 6) is -2.26. The smallest absolute Gasteiger partial charge is 0.320 e. The topological polar surface area (TPSA) is 86.6 Å². The van der Waals surface area contributed by atoms with E-state index in [9.17, 15) is 9.59 Å². The van der Waals surface area contributed by atoms with Gasteiger partial charge in [-0.3, -0.25) is 9.59 Å². The molecule has 1 heterocycles. The van der Waals surface area contributed by atoms with Crippen molar-refractivity contribution in [2.24, 2.45) is 11.8 Å². The van der Waals surface area contributed by atoms with E-state index in [1.807, 2.05) is 6.92 Å². The van der Waals surface area contributed by atoms with Crippen LogP contribution in [0.2, 0.25) is 0 Å². The van der Waals surface area contributed by atoms with E-state index in [1.54, 1.807) is 6.92 Å². The summed E-state index contributed by atoms with van der Waals surface area (Å²) in [6, 6.07) is -0.842. The standard InChI is InChI=1S/C9H15NO4/c1-4-3-6(9(13)14)10-7(4)5(2)8(11)12/h4-7,10H,3H2,1-2H3,(H,11,12)(H,13,14)/t4-,5+,6-,7-/m0/s1. The Labute approximate surface area is 82.1 Å². The molecular weight excluding hydrogens is 186 g/mol. The summed E-state index contributed by atoms with van der Waals surface area (Å²) in [4.78, 5) is 21.4.